The number of nitrogens with one attached hydrogen (secondary N) is 1. The number of carboxylic acid groups (broad SMARTS) is 1. The van der Waals surface area contributed by atoms with Crippen LogP contribution < -0.4 is 10.1 Å². The summed E-state index contributed by atoms with van der Waals surface area (Å²) in [5.41, 5.74) is 0.739. The number of hydrogen-bond donors (Lipinski definition) is 2. The van der Waals surface area contributed by atoms with Gasteiger partial charge in [0.15, 0.2) is 11.9 Å². The molecule has 24 heavy (non-hydrogen) atoms. The summed E-state index contributed by atoms with van der Waals surface area (Å²) in [5.74, 6) is -1.28. The fourth-order valence-electron chi connectivity index (χ4n) is 2.84. The summed E-state index contributed by atoms with van der Waals surface area (Å²) in [6.45, 7) is 2.44. The zero-order valence-corrected chi connectivity index (χ0v) is 13.2. The van der Waals surface area contributed by atoms with Crippen LogP contribution >= 0.6 is 0 Å². The average molecular weight is 334 g/mol. The van der Waals surface area contributed by atoms with Crippen molar-refractivity contribution in [1.82, 2.24) is 4.90 Å². The zero-order valence-electron chi connectivity index (χ0n) is 13.2. The van der Waals surface area contributed by atoms with E-state index in [0.29, 0.717) is 30.2 Å². The smallest absolute Gasteiger partial charge is 0.305 e. The van der Waals surface area contributed by atoms with Crippen LogP contribution in [0.4, 0.5) is 5.69 Å². The van der Waals surface area contributed by atoms with E-state index in [2.05, 4.69) is 5.32 Å². The van der Waals surface area contributed by atoms with Gasteiger partial charge in [-0.1, -0.05) is 6.07 Å². The molecule has 0 bridgehead atoms. The van der Waals surface area contributed by atoms with E-state index in [-0.39, 0.29) is 24.8 Å². The highest BCUT2D eigenvalue weighted by Gasteiger charge is 2.34. The number of nitrogens with zero attached hydrogens (tertiary/aromatic N) is 1. The van der Waals surface area contributed by atoms with E-state index >= 15 is 0 Å². The second-order valence-corrected chi connectivity index (χ2v) is 5.76. The van der Waals surface area contributed by atoms with E-state index in [9.17, 15) is 14.4 Å². The molecule has 8 nitrogen and oxygen atoms in total. The van der Waals surface area contributed by atoms with E-state index in [4.69, 9.17) is 14.6 Å². The molecule has 0 aromatic heterocycles. The number of fused-ring (bicyclic) bond motifs is 1. The Morgan fingerprint density at radius 1 is 1.42 bits per heavy atom. The molecule has 0 saturated carbocycles. The Hall–Kier alpha value is -2.61. The van der Waals surface area contributed by atoms with Crippen molar-refractivity contribution in [2.24, 2.45) is 0 Å². The van der Waals surface area contributed by atoms with E-state index in [1.165, 1.54) is 4.90 Å². The quantitative estimate of drug-likeness (QED) is 0.844. The lowest BCUT2D eigenvalue weighted by atomic mass is 10.1. The van der Waals surface area contributed by atoms with Crippen LogP contribution in [0.5, 0.6) is 5.75 Å². The molecule has 2 amide bonds. The van der Waals surface area contributed by atoms with Crippen LogP contribution in [0.25, 0.3) is 0 Å². The average Bonchev–Trinajstić information content (AvgIpc) is 2.55. The SMILES string of the molecule is CC1Oc2c(cccc2C(=O)N2CCOCC2CC(=O)O)NC1=O. The van der Waals surface area contributed by atoms with Crippen molar-refractivity contribution in [3.63, 3.8) is 0 Å². The third-order valence-corrected chi connectivity index (χ3v) is 4.07. The van der Waals surface area contributed by atoms with Gasteiger partial charge in [0.1, 0.15) is 0 Å². The van der Waals surface area contributed by atoms with Gasteiger partial charge in [-0.25, -0.2) is 0 Å². The maximum absolute atomic E-state index is 12.9. The standard InChI is InChI=1S/C16H18N2O6/c1-9-15(21)17-12-4-2-3-11(14(12)24-9)16(22)18-5-6-23-8-10(18)7-13(19)20/h2-4,9-10H,5-8H2,1H3,(H,17,21)(H,19,20). The molecule has 2 atom stereocenters. The molecule has 1 aromatic rings. The fraction of sp³-hybridized carbons (Fsp3) is 0.438. The molecule has 3 rings (SSSR count). The minimum atomic E-state index is -0.990. The largest absolute Gasteiger partial charge is 0.481 e. The molecule has 1 fully saturated rings. The second-order valence-electron chi connectivity index (χ2n) is 5.76. The number of hydrogen-bond acceptors (Lipinski definition) is 5. The van der Waals surface area contributed by atoms with Crippen LogP contribution in [0, 0.1) is 0 Å². The van der Waals surface area contributed by atoms with Crippen molar-refractivity contribution in [3.05, 3.63) is 23.8 Å². The maximum atomic E-state index is 12.9. The highest BCUT2D eigenvalue weighted by Crippen LogP contribution is 2.34. The van der Waals surface area contributed by atoms with Crippen LogP contribution in [0.3, 0.4) is 0 Å². The van der Waals surface area contributed by atoms with E-state index in [0.717, 1.165) is 0 Å². The minimum Gasteiger partial charge on any atom is -0.481 e. The molecule has 2 N–H and O–H groups in total. The molecule has 2 heterocycles. The third kappa shape index (κ3) is 3.05. The lowest BCUT2D eigenvalue weighted by Crippen LogP contribution is -2.49. The number of rotatable bonds is 3. The molecule has 128 valence electrons. The predicted octanol–water partition coefficient (Wildman–Crippen LogP) is 0.722. The molecule has 8 heteroatoms. The number of para-hydroxylation sites is 1. The van der Waals surface area contributed by atoms with Crippen LogP contribution in [-0.4, -0.2) is 59.7 Å². The Balaban J connectivity index is 1.91. The molecule has 0 spiro atoms. The van der Waals surface area contributed by atoms with Crippen LogP contribution in [0.2, 0.25) is 0 Å². The minimum absolute atomic E-state index is 0.182. The molecule has 2 aliphatic heterocycles. The van der Waals surface area contributed by atoms with Crippen molar-refractivity contribution in [2.45, 2.75) is 25.5 Å². The first-order chi connectivity index (χ1) is 11.5. The summed E-state index contributed by atoms with van der Waals surface area (Å²) in [5, 5.41) is 11.7. The lowest BCUT2D eigenvalue weighted by Gasteiger charge is -2.35. The molecule has 2 unspecified atom stereocenters. The van der Waals surface area contributed by atoms with Crippen molar-refractivity contribution in [1.29, 1.82) is 0 Å². The Kier molecular flexibility index (Phi) is 4.39. The number of carbonyl (C=O) groups is 3. The van der Waals surface area contributed by atoms with E-state index < -0.39 is 18.1 Å². The summed E-state index contributed by atoms with van der Waals surface area (Å²) in [6.07, 6.45) is -0.889. The first kappa shape index (κ1) is 16.3. The van der Waals surface area contributed by atoms with E-state index in [1.54, 1.807) is 25.1 Å². The first-order valence-electron chi connectivity index (χ1n) is 7.68. The Bertz CT molecular complexity index is 689. The number of benzene rings is 1. The summed E-state index contributed by atoms with van der Waals surface area (Å²) in [6, 6.07) is 4.39. The van der Waals surface area contributed by atoms with Gasteiger partial charge in [-0.2, -0.15) is 0 Å². The molecule has 0 aliphatic carbocycles. The van der Waals surface area contributed by atoms with Gasteiger partial charge in [0.2, 0.25) is 0 Å². The van der Waals surface area contributed by atoms with Crippen molar-refractivity contribution < 1.29 is 29.0 Å². The second kappa shape index (κ2) is 6.48. The van der Waals surface area contributed by atoms with Gasteiger partial charge in [-0.05, 0) is 19.1 Å². The summed E-state index contributed by atoms with van der Waals surface area (Å²) in [4.78, 5) is 37.2. The van der Waals surface area contributed by atoms with Crippen molar-refractivity contribution >= 4 is 23.5 Å². The summed E-state index contributed by atoms with van der Waals surface area (Å²) < 4.78 is 10.9. The van der Waals surface area contributed by atoms with Gasteiger partial charge in [0.25, 0.3) is 11.8 Å². The van der Waals surface area contributed by atoms with Gasteiger partial charge in [0, 0.05) is 6.54 Å². The van der Waals surface area contributed by atoms with Gasteiger partial charge in [-0.3, -0.25) is 14.4 Å². The topological polar surface area (TPSA) is 105 Å². The number of carboxylic acids is 1. The van der Waals surface area contributed by atoms with Crippen molar-refractivity contribution in [2.75, 3.05) is 25.1 Å². The number of carbonyl (C=O) groups excluding carboxylic acids is 2. The zero-order chi connectivity index (χ0) is 17.3. The van der Waals surface area contributed by atoms with Crippen LogP contribution in [0.1, 0.15) is 23.7 Å². The Morgan fingerprint density at radius 3 is 2.96 bits per heavy atom. The molecule has 1 aromatic carbocycles. The number of anilines is 1. The Labute approximate surface area is 138 Å². The fourth-order valence-corrected chi connectivity index (χ4v) is 2.84. The number of amides is 2. The number of ether oxygens (including phenoxy) is 2. The van der Waals surface area contributed by atoms with Gasteiger partial charge >= 0.3 is 5.97 Å². The first-order valence-corrected chi connectivity index (χ1v) is 7.68. The molecule has 1 saturated heterocycles. The number of morpholine rings is 1. The molecule has 2 aliphatic rings. The highest BCUT2D eigenvalue weighted by atomic mass is 16.5. The van der Waals surface area contributed by atoms with Crippen LogP contribution in [0.15, 0.2) is 18.2 Å². The van der Waals surface area contributed by atoms with Crippen molar-refractivity contribution in [3.8, 4) is 5.75 Å². The van der Waals surface area contributed by atoms with Gasteiger partial charge in [0.05, 0.1) is 36.9 Å². The molecule has 0 radical (unpaired) electrons. The van der Waals surface area contributed by atoms with Gasteiger partial charge < -0.3 is 24.8 Å². The Morgan fingerprint density at radius 2 is 2.21 bits per heavy atom. The maximum Gasteiger partial charge on any atom is 0.305 e. The molecular weight excluding hydrogens is 316 g/mol. The number of aliphatic carboxylic acids is 1. The van der Waals surface area contributed by atoms with Gasteiger partial charge in [-0.15, -0.1) is 0 Å². The highest BCUT2D eigenvalue weighted by molar-refractivity contribution is 6.04. The van der Waals surface area contributed by atoms with Crippen LogP contribution in [-0.2, 0) is 14.3 Å². The lowest BCUT2D eigenvalue weighted by molar-refractivity contribution is -0.139. The third-order valence-electron chi connectivity index (χ3n) is 4.07. The molecular formula is C16H18N2O6. The predicted molar refractivity (Wildman–Crippen MR) is 83.1 cm³/mol. The summed E-state index contributed by atoms with van der Waals surface area (Å²) in [7, 11) is 0. The summed E-state index contributed by atoms with van der Waals surface area (Å²) >= 11 is 0. The monoisotopic (exact) mass is 334 g/mol. The normalized spacial score (nSPS) is 23.0. The van der Waals surface area contributed by atoms with E-state index in [1.807, 2.05) is 0 Å².